The number of carbonyl (C=O) groups excluding carboxylic acids is 8. The molecule has 140 heavy (non-hydrogen) atoms. The molecule has 4 aromatic rings. The minimum atomic E-state index is -2.25. The number of halogens is 5. The second-order valence-corrected chi connectivity index (χ2v) is 73.5. The zero-order valence-electron chi connectivity index (χ0n) is 88.6. The summed E-state index contributed by atoms with van der Waals surface area (Å²) < 4.78 is 113. The van der Waals surface area contributed by atoms with Crippen LogP contribution in [0.4, 0.5) is 0 Å². The van der Waals surface area contributed by atoms with E-state index in [2.05, 4.69) is 134 Å². The van der Waals surface area contributed by atoms with E-state index in [9.17, 15) is 63.9 Å². The summed E-state index contributed by atoms with van der Waals surface area (Å²) in [6.45, 7) is 67.8. The van der Waals surface area contributed by atoms with Gasteiger partial charge in [0.1, 0.15) is 83.4 Å². The van der Waals surface area contributed by atoms with Crippen molar-refractivity contribution in [2.75, 3.05) is 20.8 Å². The van der Waals surface area contributed by atoms with Crippen LogP contribution in [0.2, 0.25) is 138 Å². The molecular weight excluding hydrogens is 2070 g/mol. The minimum Gasteiger partial charge on any atom is -0.458 e. The second-order valence-electron chi connectivity index (χ2n) is 44.2. The van der Waals surface area contributed by atoms with Crippen LogP contribution >= 0.6 is 62.3 Å². The highest BCUT2D eigenvalue weighted by molar-refractivity contribution is 9.10. The molecule has 0 saturated carbocycles. The molecule has 43 heteroatoms. The second kappa shape index (κ2) is 50.8. The Morgan fingerprint density at radius 3 is 1.05 bits per heavy atom. The smallest absolute Gasteiger partial charge is 0.340 e. The van der Waals surface area contributed by atoms with Crippen molar-refractivity contribution in [2.24, 2.45) is 0 Å². The summed E-state index contributed by atoms with van der Waals surface area (Å²) in [5.41, 5.74) is -1.44. The molecule has 0 spiro atoms. The third-order valence-corrected chi connectivity index (χ3v) is 27.6. The summed E-state index contributed by atoms with van der Waals surface area (Å²) in [5.74, 6) is -10.5. The fourth-order valence-electron chi connectivity index (χ4n) is 15.0. The van der Waals surface area contributed by atoms with Gasteiger partial charge in [-0.2, -0.15) is 0 Å². The molecule has 8 rings (SSSR count). The highest BCUT2D eigenvalue weighted by atomic mass is 79.9. The first kappa shape index (κ1) is 127. The Kier molecular flexibility index (Phi) is 46.1. The molecule has 0 amide bonds. The van der Waals surface area contributed by atoms with Crippen molar-refractivity contribution < 1.29 is 152 Å². The number of hydrogen-bond donors (Lipinski definition) is 5. The van der Waals surface area contributed by atoms with Gasteiger partial charge in [0.2, 0.25) is 23.5 Å². The number of aliphatic hydroxyl groups is 5. The highest BCUT2D eigenvalue weighted by Gasteiger charge is 2.63. The van der Waals surface area contributed by atoms with E-state index in [1.54, 1.807) is 106 Å². The standard InChI is InChI=1S/C27H49ClO7Si3.C25H33ClO10.C18H25ClO8.C16H36O5Si3.C11H12BrClO2/c1-14-21-22(33-36(5,6)7)23(34-37(8,9)10)24(35-38(11,12)13)27(30,31-21)18-15-16-20(28)19(17-18)25(29)32-26(2,3)4;1-9-19-20(32-13(2)27)21(33-14(3)28)22(34-15(4)29)25(31-8,35-19)16-10-11-18(26)17(12-16)23(30)36-24(5,6)7;1-17(2,3)27-16(24)10-7-9(5-6-11(10)19)18(25-4)15(23)14(22)13(21)12(8-20)26-18;1-11-12-13(19-22(2,3)4)14(20-23(5,6)7)15(16(17)18-12)21-24(8,9)10;1-11(2,3)15-10(14)8-6-7(12)4-5-9(8)13/h15-17,21-24,30H,14H2,1-13H3;10-12,19-22H,9H2,1-8H3;5-7,12-15,20-23H,8H2,1-4H3;12-15H,11H2,1-10H3;4-6H,1-3H3/t21-,22-,23+,24-,27?;19-,20-,21+,22-,25?;12-,13-,14+,15-,18?;12-,13-,14+,15-;/m1111./s1. The lowest BCUT2D eigenvalue weighted by Gasteiger charge is -2.54. The molecule has 0 aliphatic carbocycles. The number of cyclic esters (lactones) is 1. The molecular formula is C97H155BrCl4O32Si6. The van der Waals surface area contributed by atoms with Crippen molar-refractivity contribution in [1.29, 1.82) is 0 Å². The summed E-state index contributed by atoms with van der Waals surface area (Å²) >= 11 is 28.0. The van der Waals surface area contributed by atoms with Gasteiger partial charge >= 0.3 is 47.8 Å². The van der Waals surface area contributed by atoms with Crippen molar-refractivity contribution in [3.05, 3.63) is 136 Å². The molecule has 0 radical (unpaired) electrons. The number of rotatable bonds is 28. The highest BCUT2D eigenvalue weighted by Crippen LogP contribution is 2.49. The fourth-order valence-corrected chi connectivity index (χ4v) is 22.5. The number of esters is 8. The van der Waals surface area contributed by atoms with Crippen LogP contribution in [-0.2, 0) is 125 Å². The Labute approximate surface area is 862 Å². The predicted octanol–water partition coefficient (Wildman–Crippen LogP) is 19.2. The fraction of sp³-hybridized carbons (Fsp3) is 0.670. The van der Waals surface area contributed by atoms with E-state index >= 15 is 0 Å². The van der Waals surface area contributed by atoms with E-state index in [1.807, 2.05) is 34.6 Å². The van der Waals surface area contributed by atoms with E-state index in [4.69, 9.17) is 135 Å². The van der Waals surface area contributed by atoms with Crippen LogP contribution in [0.3, 0.4) is 0 Å². The number of carbonyl (C=O) groups is 8. The van der Waals surface area contributed by atoms with Crippen molar-refractivity contribution in [3.8, 4) is 0 Å². The third kappa shape index (κ3) is 38.3. The molecule has 3 unspecified atom stereocenters. The van der Waals surface area contributed by atoms with Gasteiger partial charge in [-0.3, -0.25) is 14.4 Å². The van der Waals surface area contributed by atoms with Gasteiger partial charge in [0.15, 0.2) is 68.2 Å². The lowest BCUT2D eigenvalue weighted by Crippen LogP contribution is -2.68. The van der Waals surface area contributed by atoms with Gasteiger partial charge < -0.3 is 114 Å². The van der Waals surface area contributed by atoms with Crippen LogP contribution in [0.5, 0.6) is 0 Å². The maximum absolute atomic E-state index is 13.0. The Hall–Kier alpha value is -5.06. The van der Waals surface area contributed by atoms with E-state index in [-0.39, 0.29) is 67.2 Å². The summed E-state index contributed by atoms with van der Waals surface area (Å²) in [4.78, 5) is 98.8. The van der Waals surface area contributed by atoms with E-state index < -0.39 is 217 Å². The summed E-state index contributed by atoms with van der Waals surface area (Å²) in [7, 11) is -9.54. The topological polar surface area (TPSA) is 413 Å². The van der Waals surface area contributed by atoms with Crippen LogP contribution < -0.4 is 0 Å². The van der Waals surface area contributed by atoms with Crippen LogP contribution in [0.1, 0.15) is 202 Å². The zero-order chi connectivity index (χ0) is 108. The van der Waals surface area contributed by atoms with Gasteiger partial charge in [0.05, 0.1) is 61.2 Å². The lowest BCUT2D eigenvalue weighted by atomic mass is 9.86. The first-order valence-corrected chi connectivity index (χ1v) is 69.3. The maximum Gasteiger partial charge on any atom is 0.340 e. The van der Waals surface area contributed by atoms with Crippen LogP contribution in [-0.4, -0.2) is 264 Å². The van der Waals surface area contributed by atoms with Gasteiger partial charge in [-0.15, -0.1) is 0 Å². The molecule has 4 saturated heterocycles. The molecule has 32 nitrogen and oxygen atoms in total. The molecule has 794 valence electrons. The quantitative estimate of drug-likeness (QED) is 0.0200. The van der Waals surface area contributed by atoms with Crippen LogP contribution in [0.15, 0.2) is 77.3 Å². The maximum atomic E-state index is 13.0. The number of hydrogen-bond acceptors (Lipinski definition) is 32. The summed E-state index contributed by atoms with van der Waals surface area (Å²) in [6, 6.07) is 18.4. The number of ether oxygens (including phenoxy) is 13. The average molecular weight is 2220 g/mol. The van der Waals surface area contributed by atoms with Gasteiger partial charge in [0.25, 0.3) is 0 Å². The molecule has 4 fully saturated rings. The van der Waals surface area contributed by atoms with Gasteiger partial charge in [0, 0.05) is 56.2 Å². The molecule has 4 aliphatic heterocycles. The number of methoxy groups -OCH3 is 2. The van der Waals surface area contributed by atoms with Crippen molar-refractivity contribution in [1.82, 2.24) is 0 Å². The van der Waals surface area contributed by atoms with E-state index in [1.165, 1.54) is 64.5 Å². The van der Waals surface area contributed by atoms with Gasteiger partial charge in [-0.25, -0.2) is 24.0 Å². The van der Waals surface area contributed by atoms with E-state index in [0.29, 0.717) is 35.4 Å². The largest absolute Gasteiger partial charge is 0.458 e. The Morgan fingerprint density at radius 1 is 0.386 bits per heavy atom. The molecule has 19 atom stereocenters. The lowest BCUT2D eigenvalue weighted by molar-refractivity contribution is -0.366. The van der Waals surface area contributed by atoms with Crippen LogP contribution in [0.25, 0.3) is 0 Å². The Morgan fingerprint density at radius 2 is 0.700 bits per heavy atom. The normalized spacial score (nSPS) is 26.5. The van der Waals surface area contributed by atoms with Gasteiger partial charge in [-0.05, 0) is 275 Å². The minimum absolute atomic E-state index is 0.0116. The van der Waals surface area contributed by atoms with Gasteiger partial charge in [-0.1, -0.05) is 101 Å². The van der Waals surface area contributed by atoms with Crippen molar-refractivity contribution >= 4 is 160 Å². The molecule has 0 bridgehead atoms. The SMILES string of the molecule is CC(C)(C)OC(=O)c1cc(Br)ccc1Cl.CC[C@H]1OC(=O)[C@H](O[Si](C)(C)C)[C@@H](O[Si](C)(C)C)[C@@H]1O[Si](C)(C)C.CC[C@H]1OC(O)(c2ccc(Cl)c(C(=O)OC(C)(C)C)c2)[C@H](O[Si](C)(C)C)[C@@H](O[Si](C)(C)C)[C@@H]1O[Si](C)(C)C.CC[C@H]1OC(OC)(c2ccc(Cl)c(C(=O)OC(C)(C)C)c2)[C@H](OC(C)=O)[C@@H](OC(C)=O)[C@@H]1OC(C)=O.COC1(c2ccc(Cl)c(C(=O)OC(C)(C)C)c2)O[C@H](CO)[C@@H](O)[C@H](O)[C@H]1O. The first-order valence-electron chi connectivity index (χ1n) is 46.6. The predicted molar refractivity (Wildman–Crippen MR) is 552 cm³/mol. The average Bonchev–Trinajstić information content (AvgIpc) is 0.741. The van der Waals surface area contributed by atoms with Crippen molar-refractivity contribution in [2.45, 2.75) is 399 Å². The van der Waals surface area contributed by atoms with Crippen LogP contribution in [0, 0.1) is 0 Å². The molecule has 0 aromatic heterocycles. The molecule has 5 N–H and O–H groups in total. The first-order chi connectivity index (χ1) is 63.5. The van der Waals surface area contributed by atoms with E-state index in [0.717, 1.165) is 11.4 Å². The number of benzene rings is 4. The third-order valence-electron chi connectivity index (χ3n) is 20.0. The zero-order valence-corrected chi connectivity index (χ0v) is 99.3. The summed E-state index contributed by atoms with van der Waals surface area (Å²) in [5, 5.41) is 53.4. The molecule has 4 aromatic carbocycles. The molecule has 4 aliphatic rings. The Balaban J connectivity index is 0.000000375. The monoisotopic (exact) mass is 2220 g/mol. The molecule has 4 heterocycles. The summed E-state index contributed by atoms with van der Waals surface area (Å²) in [6.07, 6.45) is -13.1. The van der Waals surface area contributed by atoms with Crippen molar-refractivity contribution in [3.63, 3.8) is 0 Å². The number of aliphatic hydroxyl groups excluding tert-OH is 4. The Bertz CT molecular complexity index is 4830.